The van der Waals surface area contributed by atoms with Crippen LogP contribution in [-0.2, 0) is 17.8 Å². The topological polar surface area (TPSA) is 88.0 Å². The molecule has 1 aromatic carbocycles. The summed E-state index contributed by atoms with van der Waals surface area (Å²) >= 11 is 1.66. The highest BCUT2D eigenvalue weighted by Crippen LogP contribution is 2.23. The van der Waals surface area contributed by atoms with E-state index in [9.17, 15) is 9.59 Å². The Kier molecular flexibility index (Phi) is 7.61. The minimum Gasteiger partial charge on any atom is -0.467 e. The molecule has 0 spiro atoms. The van der Waals surface area contributed by atoms with E-state index in [0.29, 0.717) is 5.76 Å². The van der Waals surface area contributed by atoms with Gasteiger partial charge in [0.05, 0.1) is 17.7 Å². The summed E-state index contributed by atoms with van der Waals surface area (Å²) in [5.74, 6) is 0.287. The average molecular weight is 413 g/mol. The van der Waals surface area contributed by atoms with Crippen LogP contribution in [0.2, 0.25) is 0 Å². The van der Waals surface area contributed by atoms with Crippen molar-refractivity contribution in [2.24, 2.45) is 0 Å². The Morgan fingerprint density at radius 1 is 1.14 bits per heavy atom. The van der Waals surface area contributed by atoms with Crippen LogP contribution in [0.3, 0.4) is 0 Å². The molecule has 0 unspecified atom stereocenters. The maximum atomic E-state index is 12.2. The van der Waals surface area contributed by atoms with Gasteiger partial charge in [0.1, 0.15) is 11.8 Å². The van der Waals surface area contributed by atoms with Gasteiger partial charge in [0.15, 0.2) is 6.54 Å². The van der Waals surface area contributed by atoms with Crippen LogP contribution >= 0.6 is 11.3 Å². The first kappa shape index (κ1) is 20.8. The number of furan rings is 1. The summed E-state index contributed by atoms with van der Waals surface area (Å²) in [5.41, 5.74) is 2.45. The predicted molar refractivity (Wildman–Crippen MR) is 112 cm³/mol. The molecule has 0 saturated carbocycles. The minimum absolute atomic E-state index is 0.0163. The highest BCUT2D eigenvalue weighted by Gasteiger charge is 2.20. The zero-order valence-electron chi connectivity index (χ0n) is 16.4. The third-order valence-corrected chi connectivity index (χ3v) is 5.48. The molecule has 0 aliphatic heterocycles. The second kappa shape index (κ2) is 10.6. The fraction of sp³-hybridized carbons (Fsp3) is 0.273. The first-order valence-corrected chi connectivity index (χ1v) is 10.6. The smallest absolute Gasteiger partial charge is 0.321 e. The number of hydrogen-bond donors (Lipinski definition) is 3. The van der Waals surface area contributed by atoms with E-state index in [2.05, 4.69) is 47.9 Å². The largest absolute Gasteiger partial charge is 0.467 e. The molecule has 0 saturated heterocycles. The van der Waals surface area contributed by atoms with E-state index >= 15 is 0 Å². The first-order valence-electron chi connectivity index (χ1n) is 9.71. The molecule has 0 bridgehead atoms. The number of urea groups is 1. The molecule has 2 heterocycles. The van der Waals surface area contributed by atoms with E-state index in [1.807, 2.05) is 16.8 Å². The molecule has 2 aromatic heterocycles. The van der Waals surface area contributed by atoms with E-state index in [-0.39, 0.29) is 25.0 Å². The SMILES string of the molecule is CCCc1ccc([C@@H]([NH2+]CC(=O)NC(=O)NCc2ccco2)c2cccs2)cc1. The Balaban J connectivity index is 1.55. The number of nitrogens with one attached hydrogen (secondary N) is 2. The number of hydrogen-bond acceptors (Lipinski definition) is 4. The van der Waals surface area contributed by atoms with Gasteiger partial charge in [-0.15, -0.1) is 11.3 Å². The summed E-state index contributed by atoms with van der Waals surface area (Å²) in [4.78, 5) is 25.3. The molecule has 1 atom stereocenters. The van der Waals surface area contributed by atoms with Crippen molar-refractivity contribution in [1.82, 2.24) is 10.6 Å². The van der Waals surface area contributed by atoms with Gasteiger partial charge in [0.2, 0.25) is 0 Å². The van der Waals surface area contributed by atoms with Crippen LogP contribution in [0.4, 0.5) is 4.79 Å². The van der Waals surface area contributed by atoms with Crippen LogP contribution in [-0.4, -0.2) is 18.5 Å². The highest BCUT2D eigenvalue weighted by atomic mass is 32.1. The van der Waals surface area contributed by atoms with E-state index in [0.717, 1.165) is 18.4 Å². The molecule has 4 N–H and O–H groups in total. The third kappa shape index (κ3) is 6.30. The monoisotopic (exact) mass is 412 g/mol. The third-order valence-electron chi connectivity index (χ3n) is 4.52. The summed E-state index contributed by atoms with van der Waals surface area (Å²) in [6.45, 7) is 2.55. The minimum atomic E-state index is -0.531. The number of imide groups is 1. The normalized spacial score (nSPS) is 11.8. The van der Waals surface area contributed by atoms with Crippen molar-refractivity contribution >= 4 is 23.3 Å². The number of amides is 3. The highest BCUT2D eigenvalue weighted by molar-refractivity contribution is 7.10. The lowest BCUT2D eigenvalue weighted by molar-refractivity contribution is -0.676. The Morgan fingerprint density at radius 2 is 1.97 bits per heavy atom. The number of carbonyl (C=O) groups is 2. The van der Waals surface area contributed by atoms with Gasteiger partial charge >= 0.3 is 6.03 Å². The summed E-state index contributed by atoms with van der Waals surface area (Å²) < 4.78 is 5.15. The molecule has 7 heteroatoms. The zero-order valence-corrected chi connectivity index (χ0v) is 17.2. The molecule has 3 aromatic rings. The number of rotatable bonds is 9. The number of thiophene rings is 1. The summed E-state index contributed by atoms with van der Waals surface area (Å²) in [6.07, 6.45) is 3.71. The molecule has 6 nitrogen and oxygen atoms in total. The number of carbonyl (C=O) groups excluding carboxylic acids is 2. The van der Waals surface area contributed by atoms with E-state index < -0.39 is 6.03 Å². The van der Waals surface area contributed by atoms with Gasteiger partial charge in [-0.2, -0.15) is 0 Å². The lowest BCUT2D eigenvalue weighted by Crippen LogP contribution is -2.87. The van der Waals surface area contributed by atoms with E-state index in [1.54, 1.807) is 23.5 Å². The van der Waals surface area contributed by atoms with Crippen molar-refractivity contribution in [3.8, 4) is 0 Å². The van der Waals surface area contributed by atoms with Crippen molar-refractivity contribution < 1.29 is 19.3 Å². The Morgan fingerprint density at radius 3 is 2.62 bits per heavy atom. The Bertz CT molecular complexity index is 890. The van der Waals surface area contributed by atoms with Crippen LogP contribution in [0.1, 0.15) is 41.2 Å². The fourth-order valence-corrected chi connectivity index (χ4v) is 3.94. The van der Waals surface area contributed by atoms with Gasteiger partial charge in [-0.3, -0.25) is 10.1 Å². The first-order chi connectivity index (χ1) is 14.2. The Hall–Kier alpha value is -2.90. The van der Waals surface area contributed by atoms with Crippen LogP contribution < -0.4 is 16.0 Å². The van der Waals surface area contributed by atoms with Gasteiger partial charge in [-0.05, 0) is 35.6 Å². The van der Waals surface area contributed by atoms with Gasteiger partial charge in [-0.25, -0.2) is 4.79 Å². The van der Waals surface area contributed by atoms with Crippen LogP contribution in [0.15, 0.2) is 64.6 Å². The quantitative estimate of drug-likeness (QED) is 0.505. The van der Waals surface area contributed by atoms with Gasteiger partial charge in [0, 0.05) is 5.56 Å². The Labute approximate surface area is 174 Å². The van der Waals surface area contributed by atoms with Crippen LogP contribution in [0.5, 0.6) is 0 Å². The molecular weight excluding hydrogens is 386 g/mol. The maximum Gasteiger partial charge on any atom is 0.321 e. The molecule has 152 valence electrons. The molecule has 0 aliphatic rings. The second-order valence-electron chi connectivity index (χ2n) is 6.73. The standard InChI is InChI=1S/C22H25N3O3S/c1-2-5-16-8-10-17(11-9-16)21(19-7-4-13-29-19)23-15-20(26)25-22(27)24-14-18-6-3-12-28-18/h3-4,6-13,21,23H,2,5,14-15H2,1H3,(H2,24,25,26,27)/p+1/t21-/m1/s1. The molecule has 0 fully saturated rings. The van der Waals surface area contributed by atoms with Crippen molar-refractivity contribution in [1.29, 1.82) is 0 Å². The molecular formula is C22H26N3O3S+. The van der Waals surface area contributed by atoms with Crippen molar-refractivity contribution in [2.45, 2.75) is 32.4 Å². The number of benzene rings is 1. The van der Waals surface area contributed by atoms with Gasteiger partial charge in [-0.1, -0.05) is 43.7 Å². The van der Waals surface area contributed by atoms with Crippen LogP contribution in [0.25, 0.3) is 0 Å². The molecule has 3 rings (SSSR count). The van der Waals surface area contributed by atoms with E-state index in [4.69, 9.17) is 4.42 Å². The van der Waals surface area contributed by atoms with Crippen molar-refractivity contribution in [3.63, 3.8) is 0 Å². The number of aryl methyl sites for hydroxylation is 1. The summed E-state index contributed by atoms with van der Waals surface area (Å²) in [7, 11) is 0. The zero-order chi connectivity index (χ0) is 20.5. The number of nitrogens with two attached hydrogens (primary N) is 1. The molecule has 0 radical (unpaired) electrons. The lowest BCUT2D eigenvalue weighted by atomic mass is 10.0. The van der Waals surface area contributed by atoms with Gasteiger partial charge in [0.25, 0.3) is 5.91 Å². The average Bonchev–Trinajstić information content (AvgIpc) is 3.42. The van der Waals surface area contributed by atoms with E-state index in [1.165, 1.54) is 16.7 Å². The van der Waals surface area contributed by atoms with Gasteiger partial charge < -0.3 is 15.1 Å². The second-order valence-corrected chi connectivity index (χ2v) is 7.71. The summed E-state index contributed by atoms with van der Waals surface area (Å²) in [5, 5.41) is 8.95. The molecule has 3 amide bonds. The summed E-state index contributed by atoms with van der Waals surface area (Å²) in [6, 6.07) is 15.6. The predicted octanol–water partition coefficient (Wildman–Crippen LogP) is 2.97. The van der Waals surface area contributed by atoms with Crippen molar-refractivity contribution in [2.75, 3.05) is 6.54 Å². The van der Waals surface area contributed by atoms with Crippen LogP contribution in [0, 0.1) is 0 Å². The van der Waals surface area contributed by atoms with Crippen molar-refractivity contribution in [3.05, 3.63) is 81.9 Å². The lowest BCUT2D eigenvalue weighted by Gasteiger charge is -2.15. The molecule has 0 aliphatic carbocycles. The number of quaternary nitrogens is 1. The molecule has 29 heavy (non-hydrogen) atoms. The fourth-order valence-electron chi connectivity index (χ4n) is 3.09. The maximum absolute atomic E-state index is 12.2.